The van der Waals surface area contributed by atoms with Crippen LogP contribution < -0.4 is 15.0 Å². The maximum Gasteiger partial charge on any atom is 0.287 e. The molecule has 0 saturated carbocycles. The molecule has 0 atom stereocenters. The van der Waals surface area contributed by atoms with Gasteiger partial charge in [0.05, 0.1) is 19.3 Å². The molecule has 0 spiro atoms. The number of furan rings is 1. The van der Waals surface area contributed by atoms with E-state index < -0.39 is 0 Å². The van der Waals surface area contributed by atoms with Crippen molar-refractivity contribution >= 4 is 11.6 Å². The number of hydrogen-bond donors (Lipinski definition) is 1. The highest BCUT2D eigenvalue weighted by molar-refractivity contribution is 5.91. The molecule has 7 nitrogen and oxygen atoms in total. The summed E-state index contributed by atoms with van der Waals surface area (Å²) in [6.07, 6.45) is 3.86. The smallest absolute Gasteiger partial charge is 0.287 e. The fourth-order valence-electron chi connectivity index (χ4n) is 4.44. The van der Waals surface area contributed by atoms with E-state index in [4.69, 9.17) is 9.15 Å². The summed E-state index contributed by atoms with van der Waals surface area (Å²) < 4.78 is 11.3. The van der Waals surface area contributed by atoms with Crippen LogP contribution >= 0.6 is 0 Å². The average Bonchev–Trinajstić information content (AvgIpc) is 3.29. The van der Waals surface area contributed by atoms with Gasteiger partial charge in [0.1, 0.15) is 11.5 Å². The Hall–Kier alpha value is -2.51. The van der Waals surface area contributed by atoms with Gasteiger partial charge in [-0.15, -0.1) is 0 Å². The third-order valence-corrected chi connectivity index (χ3v) is 6.23. The van der Waals surface area contributed by atoms with Gasteiger partial charge in [0.25, 0.3) is 5.91 Å². The standard InChI is InChI=1S/C24H34N4O3/c1-30-22-8-4-3-7-21(22)28-17-15-27(16-18-28)19-20-9-10-23(31-20)24(29)25-11-14-26-12-5-2-6-13-26/h3-4,7-10H,2,5-6,11-19H2,1H3,(H,25,29). The van der Waals surface area contributed by atoms with Gasteiger partial charge in [-0.3, -0.25) is 9.69 Å². The normalized spacial score (nSPS) is 18.2. The Balaban J connectivity index is 1.21. The van der Waals surface area contributed by atoms with Gasteiger partial charge in [0.2, 0.25) is 0 Å². The molecular formula is C24H34N4O3. The molecule has 1 aromatic heterocycles. The van der Waals surface area contributed by atoms with Crippen molar-refractivity contribution in [2.45, 2.75) is 25.8 Å². The Kier molecular flexibility index (Phi) is 7.48. The summed E-state index contributed by atoms with van der Waals surface area (Å²) in [5.41, 5.74) is 1.14. The van der Waals surface area contributed by atoms with Crippen LogP contribution in [0.3, 0.4) is 0 Å². The Bertz CT molecular complexity index is 839. The van der Waals surface area contributed by atoms with Crippen LogP contribution in [0, 0.1) is 0 Å². The molecule has 1 aromatic carbocycles. The monoisotopic (exact) mass is 426 g/mol. The summed E-state index contributed by atoms with van der Waals surface area (Å²) in [6.45, 7) is 8.34. The first-order valence-electron chi connectivity index (χ1n) is 11.4. The molecule has 2 aliphatic heterocycles. The molecule has 0 bridgehead atoms. The second kappa shape index (κ2) is 10.7. The Morgan fingerprint density at radius 1 is 0.968 bits per heavy atom. The molecule has 2 fully saturated rings. The van der Waals surface area contributed by atoms with Crippen molar-refractivity contribution in [2.24, 2.45) is 0 Å². The lowest BCUT2D eigenvalue weighted by Crippen LogP contribution is -2.46. The third-order valence-electron chi connectivity index (χ3n) is 6.23. The van der Waals surface area contributed by atoms with Gasteiger partial charge < -0.3 is 24.3 Å². The number of piperazine rings is 1. The summed E-state index contributed by atoms with van der Waals surface area (Å²) in [5.74, 6) is 2.04. The maximum absolute atomic E-state index is 12.4. The number of carbonyl (C=O) groups excluding carboxylic acids is 1. The van der Waals surface area contributed by atoms with Gasteiger partial charge >= 0.3 is 0 Å². The summed E-state index contributed by atoms with van der Waals surface area (Å²) in [5, 5.41) is 2.99. The fourth-order valence-corrected chi connectivity index (χ4v) is 4.44. The molecule has 1 amide bonds. The zero-order chi connectivity index (χ0) is 21.5. The third kappa shape index (κ3) is 5.80. The van der Waals surface area contributed by atoms with E-state index in [0.717, 1.165) is 69.6 Å². The van der Waals surface area contributed by atoms with Crippen molar-refractivity contribution in [2.75, 3.05) is 64.4 Å². The quantitative estimate of drug-likeness (QED) is 0.701. The Labute approximate surface area is 184 Å². The summed E-state index contributed by atoms with van der Waals surface area (Å²) in [4.78, 5) is 19.5. The molecule has 2 aliphatic rings. The molecule has 7 heteroatoms. The first kappa shape index (κ1) is 21.7. The fraction of sp³-hybridized carbons (Fsp3) is 0.542. The van der Waals surface area contributed by atoms with Gasteiger partial charge in [-0.25, -0.2) is 0 Å². The largest absolute Gasteiger partial charge is 0.495 e. The van der Waals surface area contributed by atoms with Gasteiger partial charge in [0.15, 0.2) is 5.76 Å². The van der Waals surface area contributed by atoms with Crippen LogP contribution in [-0.4, -0.2) is 75.2 Å². The molecule has 4 rings (SSSR count). The SMILES string of the molecule is COc1ccccc1N1CCN(Cc2ccc(C(=O)NCCN3CCCCC3)o2)CC1. The summed E-state index contributed by atoms with van der Waals surface area (Å²) in [7, 11) is 1.72. The predicted molar refractivity (Wildman–Crippen MR) is 122 cm³/mol. The van der Waals surface area contributed by atoms with Crippen molar-refractivity contribution in [3.63, 3.8) is 0 Å². The van der Waals surface area contributed by atoms with Gasteiger partial charge in [-0.05, 0) is 50.2 Å². The number of nitrogens with one attached hydrogen (secondary N) is 1. The number of para-hydroxylation sites is 2. The molecule has 168 valence electrons. The average molecular weight is 427 g/mol. The number of rotatable bonds is 8. The number of anilines is 1. The minimum atomic E-state index is -0.121. The van der Waals surface area contributed by atoms with Crippen molar-refractivity contribution in [3.8, 4) is 5.75 Å². The van der Waals surface area contributed by atoms with E-state index in [9.17, 15) is 4.79 Å². The molecule has 0 unspecified atom stereocenters. The van der Waals surface area contributed by atoms with Gasteiger partial charge in [-0.1, -0.05) is 18.6 Å². The summed E-state index contributed by atoms with van der Waals surface area (Å²) >= 11 is 0. The van der Waals surface area contributed by atoms with Crippen LogP contribution in [0.5, 0.6) is 5.75 Å². The van der Waals surface area contributed by atoms with E-state index in [-0.39, 0.29) is 5.91 Å². The topological polar surface area (TPSA) is 61.2 Å². The number of benzene rings is 1. The first-order chi connectivity index (χ1) is 15.2. The van der Waals surface area contributed by atoms with Crippen LogP contribution in [0.25, 0.3) is 0 Å². The molecular weight excluding hydrogens is 392 g/mol. The lowest BCUT2D eigenvalue weighted by atomic mass is 10.1. The van der Waals surface area contributed by atoms with Crippen molar-refractivity contribution < 1.29 is 13.9 Å². The number of hydrogen-bond acceptors (Lipinski definition) is 6. The van der Waals surface area contributed by atoms with Crippen LogP contribution in [0.4, 0.5) is 5.69 Å². The molecule has 0 aliphatic carbocycles. The molecule has 0 radical (unpaired) electrons. The van der Waals surface area contributed by atoms with Crippen LogP contribution in [0.2, 0.25) is 0 Å². The van der Waals surface area contributed by atoms with Gasteiger partial charge in [-0.2, -0.15) is 0 Å². The van der Waals surface area contributed by atoms with Crippen LogP contribution in [0.1, 0.15) is 35.6 Å². The van der Waals surface area contributed by atoms with E-state index >= 15 is 0 Å². The highest BCUT2D eigenvalue weighted by Crippen LogP contribution is 2.28. The number of nitrogens with zero attached hydrogens (tertiary/aromatic N) is 3. The minimum absolute atomic E-state index is 0.121. The Morgan fingerprint density at radius 2 is 1.74 bits per heavy atom. The lowest BCUT2D eigenvalue weighted by Gasteiger charge is -2.36. The number of carbonyl (C=O) groups is 1. The van der Waals surface area contributed by atoms with Crippen molar-refractivity contribution in [1.82, 2.24) is 15.1 Å². The van der Waals surface area contributed by atoms with Crippen LogP contribution in [0.15, 0.2) is 40.8 Å². The first-order valence-corrected chi connectivity index (χ1v) is 11.4. The van der Waals surface area contributed by atoms with E-state index in [0.29, 0.717) is 12.3 Å². The minimum Gasteiger partial charge on any atom is -0.495 e. The number of piperidine rings is 1. The maximum atomic E-state index is 12.4. The van der Waals surface area contributed by atoms with Crippen molar-refractivity contribution in [3.05, 3.63) is 47.9 Å². The lowest BCUT2D eigenvalue weighted by molar-refractivity contribution is 0.0914. The van der Waals surface area contributed by atoms with E-state index in [1.165, 1.54) is 19.3 Å². The number of methoxy groups -OCH3 is 1. The Morgan fingerprint density at radius 3 is 2.52 bits per heavy atom. The number of amides is 1. The second-order valence-electron chi connectivity index (χ2n) is 8.36. The molecule has 31 heavy (non-hydrogen) atoms. The highest BCUT2D eigenvalue weighted by atomic mass is 16.5. The zero-order valence-corrected chi connectivity index (χ0v) is 18.5. The van der Waals surface area contributed by atoms with Gasteiger partial charge in [0, 0.05) is 39.3 Å². The predicted octanol–water partition coefficient (Wildman–Crippen LogP) is 2.83. The van der Waals surface area contributed by atoms with E-state index in [1.54, 1.807) is 13.2 Å². The van der Waals surface area contributed by atoms with Crippen molar-refractivity contribution in [1.29, 1.82) is 0 Å². The molecule has 2 saturated heterocycles. The molecule has 1 N–H and O–H groups in total. The second-order valence-corrected chi connectivity index (χ2v) is 8.36. The number of likely N-dealkylation sites (tertiary alicyclic amines) is 1. The van der Waals surface area contributed by atoms with E-state index in [1.807, 2.05) is 24.3 Å². The molecule has 2 aromatic rings. The molecule has 3 heterocycles. The zero-order valence-electron chi connectivity index (χ0n) is 18.5. The number of ether oxygens (including phenoxy) is 1. The highest BCUT2D eigenvalue weighted by Gasteiger charge is 2.21. The summed E-state index contributed by atoms with van der Waals surface area (Å²) in [6, 6.07) is 11.9. The van der Waals surface area contributed by atoms with E-state index in [2.05, 4.69) is 26.1 Å². The van der Waals surface area contributed by atoms with Crippen LogP contribution in [-0.2, 0) is 6.54 Å².